The van der Waals surface area contributed by atoms with Gasteiger partial charge in [-0.2, -0.15) is 8.42 Å². The molecule has 0 bridgehead atoms. The molecule has 0 amide bonds. The van der Waals surface area contributed by atoms with E-state index in [2.05, 4.69) is 0 Å². The molecule has 2 rings (SSSR count). The van der Waals surface area contributed by atoms with Crippen molar-refractivity contribution in [3.05, 3.63) is 0 Å². The molecule has 0 aromatic carbocycles. The first kappa shape index (κ1) is 17.1. The van der Waals surface area contributed by atoms with Gasteiger partial charge in [-0.15, -0.1) is 0 Å². The molecular weight excluding hydrogens is 300 g/mol. The fourth-order valence-electron chi connectivity index (χ4n) is 2.79. The summed E-state index contributed by atoms with van der Waals surface area (Å²) in [7, 11) is -2.09. The number of hydrogen-bond donors (Lipinski definition) is 0. The predicted octanol–water partition coefficient (Wildman–Crippen LogP) is 0.879. The van der Waals surface area contributed by atoms with Crippen LogP contribution in [0.25, 0.3) is 0 Å². The first-order valence-electron chi connectivity index (χ1n) is 6.96. The zero-order valence-corrected chi connectivity index (χ0v) is 14.0. The molecule has 5 atom stereocenters. The van der Waals surface area contributed by atoms with Crippen molar-refractivity contribution in [2.24, 2.45) is 5.92 Å². The van der Waals surface area contributed by atoms with Gasteiger partial charge in [0.25, 0.3) is 10.1 Å². The molecule has 4 unspecified atom stereocenters. The van der Waals surface area contributed by atoms with Crippen LogP contribution < -0.4 is 0 Å². The minimum absolute atomic E-state index is 0.0757. The summed E-state index contributed by atoms with van der Waals surface area (Å²) in [6, 6.07) is 0. The third-order valence-electron chi connectivity index (χ3n) is 3.55. The summed E-state index contributed by atoms with van der Waals surface area (Å²) in [5, 5.41) is 0. The van der Waals surface area contributed by atoms with E-state index in [0.717, 1.165) is 6.26 Å². The largest absolute Gasteiger partial charge is 0.353 e. The smallest absolute Gasteiger partial charge is 0.264 e. The summed E-state index contributed by atoms with van der Waals surface area (Å²) >= 11 is 0. The van der Waals surface area contributed by atoms with Crippen LogP contribution in [0, 0.1) is 5.92 Å². The summed E-state index contributed by atoms with van der Waals surface area (Å²) in [6.07, 6.45) is -1.65. The Bertz CT molecular complexity index is 473. The van der Waals surface area contributed by atoms with Crippen LogP contribution in [0.15, 0.2) is 0 Å². The van der Waals surface area contributed by atoms with Crippen LogP contribution >= 0.6 is 0 Å². The molecule has 8 heteroatoms. The molecule has 2 fully saturated rings. The first-order valence-corrected chi connectivity index (χ1v) is 8.78. The molecule has 0 aromatic heterocycles. The average molecular weight is 324 g/mol. The lowest BCUT2D eigenvalue weighted by molar-refractivity contribution is -0.237. The van der Waals surface area contributed by atoms with E-state index >= 15 is 0 Å². The Morgan fingerprint density at radius 1 is 1.14 bits per heavy atom. The maximum Gasteiger partial charge on any atom is 0.264 e. The Morgan fingerprint density at radius 3 is 2.19 bits per heavy atom. The van der Waals surface area contributed by atoms with Crippen molar-refractivity contribution in [1.82, 2.24) is 0 Å². The molecule has 2 saturated heterocycles. The SMILES string of the molecule is COC1OC([C@H](OS(C)(=O)=O)C(C)C)C2OC(C)(C)OC12. The van der Waals surface area contributed by atoms with Gasteiger partial charge in [-0.3, -0.25) is 4.18 Å². The summed E-state index contributed by atoms with van der Waals surface area (Å²) in [4.78, 5) is 0. The van der Waals surface area contributed by atoms with E-state index in [1.165, 1.54) is 7.11 Å². The lowest BCUT2D eigenvalue weighted by Crippen LogP contribution is -2.43. The van der Waals surface area contributed by atoms with Gasteiger partial charge in [-0.1, -0.05) is 13.8 Å². The van der Waals surface area contributed by atoms with Gasteiger partial charge >= 0.3 is 0 Å². The molecule has 2 aliphatic heterocycles. The van der Waals surface area contributed by atoms with Gasteiger partial charge in [0.15, 0.2) is 12.1 Å². The quantitative estimate of drug-likeness (QED) is 0.694. The van der Waals surface area contributed by atoms with Crippen LogP contribution in [-0.2, 0) is 33.2 Å². The maximum absolute atomic E-state index is 11.5. The van der Waals surface area contributed by atoms with Crippen molar-refractivity contribution in [3.63, 3.8) is 0 Å². The second kappa shape index (κ2) is 5.75. The van der Waals surface area contributed by atoms with Crippen molar-refractivity contribution in [2.45, 2.75) is 64.2 Å². The summed E-state index contributed by atoms with van der Waals surface area (Å²) in [5.74, 6) is -0.839. The molecule has 0 spiro atoms. The zero-order valence-electron chi connectivity index (χ0n) is 13.2. The van der Waals surface area contributed by atoms with E-state index in [1.54, 1.807) is 13.8 Å². The Labute approximate surface area is 126 Å². The van der Waals surface area contributed by atoms with Crippen LogP contribution in [0.3, 0.4) is 0 Å². The molecule has 0 aromatic rings. The van der Waals surface area contributed by atoms with Crippen molar-refractivity contribution in [2.75, 3.05) is 13.4 Å². The highest BCUT2D eigenvalue weighted by Gasteiger charge is 2.58. The number of rotatable bonds is 5. The van der Waals surface area contributed by atoms with Crippen LogP contribution in [-0.4, -0.2) is 58.3 Å². The van der Waals surface area contributed by atoms with Gasteiger partial charge in [-0.05, 0) is 19.8 Å². The molecule has 0 radical (unpaired) electrons. The Kier molecular flexibility index (Phi) is 4.68. The number of methoxy groups -OCH3 is 1. The van der Waals surface area contributed by atoms with E-state index in [0.29, 0.717) is 0 Å². The number of hydrogen-bond acceptors (Lipinski definition) is 7. The van der Waals surface area contributed by atoms with Gasteiger partial charge in [0.05, 0.1) is 6.26 Å². The second-order valence-electron chi connectivity index (χ2n) is 6.28. The molecule has 0 N–H and O–H groups in total. The Morgan fingerprint density at radius 2 is 1.71 bits per heavy atom. The molecule has 2 aliphatic rings. The second-order valence-corrected chi connectivity index (χ2v) is 7.88. The molecule has 124 valence electrons. The first-order chi connectivity index (χ1) is 9.54. The summed E-state index contributed by atoms with van der Waals surface area (Å²) < 4.78 is 50.9. The predicted molar refractivity (Wildman–Crippen MR) is 74.0 cm³/mol. The molecule has 0 saturated carbocycles. The number of ether oxygens (including phenoxy) is 4. The van der Waals surface area contributed by atoms with Gasteiger partial charge in [0.1, 0.15) is 24.4 Å². The number of fused-ring (bicyclic) bond motifs is 1. The van der Waals surface area contributed by atoms with Crippen molar-refractivity contribution in [3.8, 4) is 0 Å². The monoisotopic (exact) mass is 324 g/mol. The van der Waals surface area contributed by atoms with E-state index in [9.17, 15) is 8.42 Å². The highest BCUT2D eigenvalue weighted by atomic mass is 32.2. The summed E-state index contributed by atoms with van der Waals surface area (Å²) in [5.41, 5.74) is 0. The third-order valence-corrected chi connectivity index (χ3v) is 4.12. The van der Waals surface area contributed by atoms with E-state index < -0.39 is 46.6 Å². The standard InChI is InChI=1S/C13H24O7S/c1-7(2)8(20-21(6,14)15)9-10-11(12(16-5)17-9)19-13(3,4)18-10/h7-12H,1-6H3/t8-,9?,10?,11?,12?/m1/s1. The van der Waals surface area contributed by atoms with Crippen molar-refractivity contribution < 1.29 is 31.5 Å². The average Bonchev–Trinajstić information content (AvgIpc) is 2.77. The Hall–Kier alpha value is -0.250. The highest BCUT2D eigenvalue weighted by molar-refractivity contribution is 7.86. The zero-order chi connectivity index (χ0) is 16.0. The van der Waals surface area contributed by atoms with Crippen molar-refractivity contribution in [1.29, 1.82) is 0 Å². The molecule has 0 aliphatic carbocycles. The third kappa shape index (κ3) is 3.75. The van der Waals surface area contributed by atoms with Crippen LogP contribution in [0.1, 0.15) is 27.7 Å². The lowest BCUT2D eigenvalue weighted by atomic mass is 9.97. The topological polar surface area (TPSA) is 80.3 Å². The van der Waals surface area contributed by atoms with Crippen LogP contribution in [0.4, 0.5) is 0 Å². The Balaban J connectivity index is 2.24. The molecule has 21 heavy (non-hydrogen) atoms. The van der Waals surface area contributed by atoms with Gasteiger partial charge in [-0.25, -0.2) is 0 Å². The molecule has 7 nitrogen and oxygen atoms in total. The van der Waals surface area contributed by atoms with Crippen LogP contribution in [0.2, 0.25) is 0 Å². The van der Waals surface area contributed by atoms with Crippen molar-refractivity contribution >= 4 is 10.1 Å². The normalized spacial score (nSPS) is 36.9. The van der Waals surface area contributed by atoms with Gasteiger partial charge < -0.3 is 18.9 Å². The minimum Gasteiger partial charge on any atom is -0.353 e. The fraction of sp³-hybridized carbons (Fsp3) is 1.00. The fourth-order valence-corrected chi connectivity index (χ4v) is 3.53. The van der Waals surface area contributed by atoms with Gasteiger partial charge in [0.2, 0.25) is 0 Å². The lowest BCUT2D eigenvalue weighted by Gasteiger charge is -2.30. The molecule has 2 heterocycles. The summed E-state index contributed by atoms with van der Waals surface area (Å²) in [6.45, 7) is 7.35. The highest BCUT2D eigenvalue weighted by Crippen LogP contribution is 2.41. The molecular formula is C13H24O7S. The van der Waals surface area contributed by atoms with Crippen LogP contribution in [0.5, 0.6) is 0 Å². The van der Waals surface area contributed by atoms with E-state index in [4.69, 9.17) is 23.1 Å². The van der Waals surface area contributed by atoms with E-state index in [-0.39, 0.29) is 5.92 Å². The van der Waals surface area contributed by atoms with E-state index in [1.807, 2.05) is 13.8 Å². The van der Waals surface area contributed by atoms with Gasteiger partial charge in [0, 0.05) is 7.11 Å². The minimum atomic E-state index is -3.60. The maximum atomic E-state index is 11.5.